The average Bonchev–Trinajstić information content (AvgIpc) is 3.42. The molecule has 44 heavy (non-hydrogen) atoms. The Hall–Kier alpha value is -0.660. The number of unbranched alkanes of at least 4 members (excludes halogenated alkanes) is 30. The van der Waals surface area contributed by atoms with E-state index in [1.165, 1.54) is 231 Å². The van der Waals surface area contributed by atoms with Crippen molar-refractivity contribution in [3.63, 3.8) is 0 Å². The molecule has 1 rings (SSSR count). The lowest BCUT2D eigenvalue weighted by Crippen LogP contribution is -2.39. The Kier molecular flexibility index (Phi) is 31.7. The number of nitrogens with zero attached hydrogens (tertiary/aromatic N) is 2. The Bertz CT molecular complexity index is 572. The van der Waals surface area contributed by atoms with Gasteiger partial charge in [-0.3, -0.25) is 0 Å². The van der Waals surface area contributed by atoms with Crippen LogP contribution in [0.25, 0.3) is 0 Å². The van der Waals surface area contributed by atoms with Crippen molar-refractivity contribution in [3.8, 4) is 0 Å². The quantitative estimate of drug-likeness (QED) is 0.0646. The molecule has 0 bridgehead atoms. The first-order valence-electron chi connectivity index (χ1n) is 21.0. The fourth-order valence-electron chi connectivity index (χ4n) is 7.25. The van der Waals surface area contributed by atoms with Crippen LogP contribution >= 0.6 is 0 Å². The van der Waals surface area contributed by atoms with Crippen LogP contribution in [-0.4, -0.2) is 29.1 Å². The predicted octanol–water partition coefficient (Wildman–Crippen LogP) is 14.7. The van der Waals surface area contributed by atoms with Crippen molar-refractivity contribution in [2.75, 3.05) is 13.1 Å². The lowest BCUT2D eigenvalue weighted by molar-refractivity contribution is 0.135. The van der Waals surface area contributed by atoms with Gasteiger partial charge < -0.3 is 9.80 Å². The van der Waals surface area contributed by atoms with E-state index in [0.717, 1.165) is 0 Å². The summed E-state index contributed by atoms with van der Waals surface area (Å²) >= 11 is 0. The Labute approximate surface area is 280 Å². The van der Waals surface area contributed by atoms with Crippen LogP contribution in [0.2, 0.25) is 0 Å². The van der Waals surface area contributed by atoms with Crippen LogP contribution in [0.1, 0.15) is 239 Å². The molecule has 0 aromatic heterocycles. The van der Waals surface area contributed by atoms with Crippen LogP contribution in [0.5, 0.6) is 0 Å². The topological polar surface area (TPSA) is 6.48 Å². The second-order valence-electron chi connectivity index (χ2n) is 14.6. The first-order valence-corrected chi connectivity index (χ1v) is 21.0. The van der Waals surface area contributed by atoms with Gasteiger partial charge in [-0.1, -0.05) is 213 Å². The van der Waals surface area contributed by atoms with E-state index in [2.05, 4.69) is 43.0 Å². The highest BCUT2D eigenvalue weighted by Crippen LogP contribution is 2.24. The van der Waals surface area contributed by atoms with Gasteiger partial charge in [-0.2, -0.15) is 0 Å². The van der Waals surface area contributed by atoms with Crippen LogP contribution in [0.4, 0.5) is 0 Å². The van der Waals surface area contributed by atoms with E-state index < -0.39 is 0 Å². The minimum Gasteiger partial charge on any atom is -0.356 e. The summed E-state index contributed by atoms with van der Waals surface area (Å²) in [5.41, 5.74) is 0. The third kappa shape index (κ3) is 25.5. The summed E-state index contributed by atoms with van der Waals surface area (Å²) in [6.45, 7) is 9.49. The van der Waals surface area contributed by atoms with Gasteiger partial charge in [0.15, 0.2) is 0 Å². The summed E-state index contributed by atoms with van der Waals surface area (Å²) in [5.74, 6) is 0. The highest BCUT2D eigenvalue weighted by molar-refractivity contribution is 4.97. The van der Waals surface area contributed by atoms with Crippen LogP contribution < -0.4 is 0 Å². The highest BCUT2D eigenvalue weighted by atomic mass is 15.4. The van der Waals surface area contributed by atoms with Crippen molar-refractivity contribution in [1.82, 2.24) is 9.80 Å². The van der Waals surface area contributed by atoms with E-state index in [4.69, 9.17) is 0 Å². The van der Waals surface area contributed by atoms with E-state index in [0.29, 0.717) is 6.17 Å². The third-order valence-electron chi connectivity index (χ3n) is 10.3. The second kappa shape index (κ2) is 33.7. The zero-order chi connectivity index (χ0) is 31.6. The molecule has 0 N–H and O–H groups in total. The fraction of sp³-hybridized carbons (Fsp3) is 0.952. The maximum absolute atomic E-state index is 2.72. The van der Waals surface area contributed by atoms with Gasteiger partial charge in [-0.15, -0.1) is 0 Å². The summed E-state index contributed by atoms with van der Waals surface area (Å²) in [5, 5.41) is 0. The fourth-order valence-corrected chi connectivity index (χ4v) is 7.25. The van der Waals surface area contributed by atoms with Crippen LogP contribution in [0, 0.1) is 0 Å². The van der Waals surface area contributed by atoms with Crippen LogP contribution in [-0.2, 0) is 0 Å². The maximum Gasteiger partial charge on any atom is 0.101 e. The minimum absolute atomic E-state index is 0.639. The molecule has 0 fully saturated rings. The molecule has 1 unspecified atom stereocenters. The van der Waals surface area contributed by atoms with Crippen molar-refractivity contribution < 1.29 is 0 Å². The Morgan fingerprint density at radius 2 is 0.523 bits per heavy atom. The molecule has 0 amide bonds. The van der Waals surface area contributed by atoms with Crippen molar-refractivity contribution in [3.05, 3.63) is 12.4 Å². The molecule has 0 spiro atoms. The molecule has 1 aliphatic rings. The van der Waals surface area contributed by atoms with Gasteiger partial charge >= 0.3 is 0 Å². The monoisotopic (exact) mass is 617 g/mol. The minimum atomic E-state index is 0.639. The molecule has 0 saturated heterocycles. The lowest BCUT2D eigenvalue weighted by atomic mass is 10.0. The highest BCUT2D eigenvalue weighted by Gasteiger charge is 2.24. The first-order chi connectivity index (χ1) is 21.8. The number of hydrogen-bond acceptors (Lipinski definition) is 2. The average molecular weight is 617 g/mol. The first kappa shape index (κ1) is 41.4. The van der Waals surface area contributed by atoms with Gasteiger partial charge in [0, 0.05) is 25.5 Å². The summed E-state index contributed by atoms with van der Waals surface area (Å²) in [6.07, 6.45) is 54.4. The summed E-state index contributed by atoms with van der Waals surface area (Å²) < 4.78 is 0. The number of rotatable bonds is 36. The van der Waals surface area contributed by atoms with Crippen LogP contribution in [0.3, 0.4) is 0 Å². The zero-order valence-electron chi connectivity index (χ0n) is 31.1. The smallest absolute Gasteiger partial charge is 0.101 e. The normalized spacial score (nSPS) is 14.8. The van der Waals surface area contributed by atoms with E-state index in [-0.39, 0.29) is 0 Å². The van der Waals surface area contributed by atoms with Gasteiger partial charge in [0.25, 0.3) is 0 Å². The largest absolute Gasteiger partial charge is 0.356 e. The molecular weight excluding hydrogens is 532 g/mol. The van der Waals surface area contributed by atoms with Crippen LogP contribution in [0.15, 0.2) is 12.4 Å². The van der Waals surface area contributed by atoms with Gasteiger partial charge in [0.1, 0.15) is 6.17 Å². The van der Waals surface area contributed by atoms with Gasteiger partial charge in [0.05, 0.1) is 0 Å². The molecule has 0 saturated carbocycles. The Morgan fingerprint density at radius 1 is 0.295 bits per heavy atom. The van der Waals surface area contributed by atoms with E-state index in [1.54, 1.807) is 0 Å². The van der Waals surface area contributed by atoms with E-state index in [9.17, 15) is 0 Å². The molecule has 2 nitrogen and oxygen atoms in total. The molecule has 1 heterocycles. The zero-order valence-corrected chi connectivity index (χ0v) is 31.1. The van der Waals surface area contributed by atoms with Crippen molar-refractivity contribution in [2.45, 2.75) is 245 Å². The van der Waals surface area contributed by atoms with E-state index >= 15 is 0 Å². The molecule has 0 aliphatic carbocycles. The van der Waals surface area contributed by atoms with Crippen molar-refractivity contribution in [2.24, 2.45) is 0 Å². The third-order valence-corrected chi connectivity index (χ3v) is 10.3. The summed E-state index contributed by atoms with van der Waals surface area (Å²) in [7, 11) is 0. The lowest BCUT2D eigenvalue weighted by Gasteiger charge is -2.33. The Balaban J connectivity index is 2.14. The molecule has 1 atom stereocenters. The molecule has 0 aromatic rings. The molecule has 262 valence electrons. The maximum atomic E-state index is 2.72. The SMILES string of the molecule is CCCCCCCCCCCCCCCCN1C=CN(CCCCCCCCCCCCCCC)C1CCCCCCCC. The molecular formula is C42H84N2. The molecule has 1 aliphatic heterocycles. The van der Waals surface area contributed by atoms with E-state index in [1.807, 2.05) is 0 Å². The standard InChI is InChI=1S/C42H84N2/c1-4-7-10-13-16-18-20-22-24-26-28-30-33-36-39-44-41-40-43(42(44)37-34-31-15-12-9-6-3)38-35-32-29-27-25-23-21-19-17-14-11-8-5-2/h40-42H,4-39H2,1-3H3. The van der Waals surface area contributed by atoms with Crippen molar-refractivity contribution in [1.29, 1.82) is 0 Å². The predicted molar refractivity (Wildman–Crippen MR) is 200 cm³/mol. The second-order valence-corrected chi connectivity index (χ2v) is 14.6. The van der Waals surface area contributed by atoms with Gasteiger partial charge in [0.2, 0.25) is 0 Å². The van der Waals surface area contributed by atoms with Gasteiger partial charge in [-0.05, 0) is 25.7 Å². The molecule has 0 aromatic carbocycles. The summed E-state index contributed by atoms with van der Waals surface area (Å²) in [6, 6.07) is 0. The van der Waals surface area contributed by atoms with Gasteiger partial charge in [-0.25, -0.2) is 0 Å². The summed E-state index contributed by atoms with van der Waals surface area (Å²) in [4.78, 5) is 5.43. The van der Waals surface area contributed by atoms with Crippen molar-refractivity contribution >= 4 is 0 Å². The number of hydrogen-bond donors (Lipinski definition) is 0. The molecule has 2 heteroatoms. The Morgan fingerprint density at radius 3 is 0.795 bits per heavy atom. The molecule has 0 radical (unpaired) electrons.